The van der Waals surface area contributed by atoms with Gasteiger partial charge in [0.25, 0.3) is 0 Å². The third-order valence-corrected chi connectivity index (χ3v) is 1.91. The van der Waals surface area contributed by atoms with Crippen LogP contribution in [0.4, 0.5) is 0 Å². The molecule has 0 aliphatic carbocycles. The second-order valence-electron chi connectivity index (χ2n) is 3.55. The van der Waals surface area contributed by atoms with E-state index in [-0.39, 0.29) is 5.76 Å². The van der Waals surface area contributed by atoms with Gasteiger partial charge in [0.1, 0.15) is 0 Å². The highest BCUT2D eigenvalue weighted by molar-refractivity contribution is 4.77. The minimum atomic E-state index is 0.140. The summed E-state index contributed by atoms with van der Waals surface area (Å²) in [6.45, 7) is 8.14. The monoisotopic (exact) mass is 263 g/mol. The average molecular weight is 263 g/mol. The van der Waals surface area contributed by atoms with Crippen molar-refractivity contribution in [2.45, 2.75) is 6.42 Å². The second kappa shape index (κ2) is 14.4. The predicted octanol–water partition coefficient (Wildman–Crippen LogP) is 0.473. The molecule has 0 radical (unpaired) electrons. The van der Waals surface area contributed by atoms with Crippen LogP contribution >= 0.6 is 0 Å². The zero-order valence-electron chi connectivity index (χ0n) is 10.9. The SMILES string of the molecule is C=C(O)CCOCCOCCOCCOCCN. The van der Waals surface area contributed by atoms with E-state index < -0.39 is 0 Å². The van der Waals surface area contributed by atoms with Gasteiger partial charge in [0.2, 0.25) is 0 Å². The fourth-order valence-electron chi connectivity index (χ4n) is 1.04. The van der Waals surface area contributed by atoms with Crippen LogP contribution in [-0.2, 0) is 18.9 Å². The van der Waals surface area contributed by atoms with E-state index in [2.05, 4.69) is 6.58 Å². The maximum atomic E-state index is 8.79. The van der Waals surface area contributed by atoms with Crippen molar-refractivity contribution >= 4 is 0 Å². The van der Waals surface area contributed by atoms with Gasteiger partial charge in [-0.3, -0.25) is 0 Å². The summed E-state index contributed by atoms with van der Waals surface area (Å²) in [4.78, 5) is 0. The molecule has 0 saturated carbocycles. The molecule has 18 heavy (non-hydrogen) atoms. The molecule has 0 heterocycles. The van der Waals surface area contributed by atoms with Crippen LogP contribution in [0.2, 0.25) is 0 Å². The lowest BCUT2D eigenvalue weighted by Crippen LogP contribution is -2.14. The summed E-state index contributed by atoms with van der Waals surface area (Å²) in [6.07, 6.45) is 0.464. The van der Waals surface area contributed by atoms with Crippen molar-refractivity contribution in [1.82, 2.24) is 0 Å². The molecule has 6 heteroatoms. The van der Waals surface area contributed by atoms with E-state index in [1.54, 1.807) is 0 Å². The van der Waals surface area contributed by atoms with Crippen molar-refractivity contribution in [1.29, 1.82) is 0 Å². The first-order valence-electron chi connectivity index (χ1n) is 6.15. The van der Waals surface area contributed by atoms with Crippen LogP contribution in [0.3, 0.4) is 0 Å². The van der Waals surface area contributed by atoms with Crippen molar-refractivity contribution in [3.63, 3.8) is 0 Å². The molecule has 108 valence electrons. The smallest absolute Gasteiger partial charge is 0.0874 e. The number of aliphatic hydroxyl groups excluding tert-OH is 1. The van der Waals surface area contributed by atoms with Gasteiger partial charge in [-0.2, -0.15) is 0 Å². The molecule has 6 nitrogen and oxygen atoms in total. The molecule has 0 rings (SSSR count). The fourth-order valence-corrected chi connectivity index (χ4v) is 1.04. The Balaban J connectivity index is 2.92. The van der Waals surface area contributed by atoms with Crippen molar-refractivity contribution in [3.05, 3.63) is 12.3 Å². The van der Waals surface area contributed by atoms with Crippen LogP contribution in [0, 0.1) is 0 Å². The molecule has 0 bridgehead atoms. The first-order valence-corrected chi connectivity index (χ1v) is 6.15. The molecule has 3 N–H and O–H groups in total. The molecule has 0 fully saturated rings. The Morgan fingerprint density at radius 3 is 1.56 bits per heavy atom. The van der Waals surface area contributed by atoms with Crippen LogP contribution in [0.5, 0.6) is 0 Å². The Labute approximate surface area is 109 Å². The Morgan fingerprint density at radius 2 is 1.17 bits per heavy atom. The third kappa shape index (κ3) is 15.3. The van der Waals surface area contributed by atoms with E-state index >= 15 is 0 Å². The molecule has 0 spiro atoms. The summed E-state index contributed by atoms with van der Waals surface area (Å²) < 4.78 is 20.9. The van der Waals surface area contributed by atoms with Crippen molar-refractivity contribution in [2.24, 2.45) is 5.73 Å². The van der Waals surface area contributed by atoms with Crippen LogP contribution in [-0.4, -0.2) is 64.5 Å². The van der Waals surface area contributed by atoms with E-state index in [0.717, 1.165) is 0 Å². The molecular weight excluding hydrogens is 238 g/mol. The van der Waals surface area contributed by atoms with Gasteiger partial charge in [-0.1, -0.05) is 6.58 Å². The Hall–Kier alpha value is -0.660. The van der Waals surface area contributed by atoms with Crippen molar-refractivity contribution < 1.29 is 24.1 Å². The first kappa shape index (κ1) is 17.3. The summed E-state index contributed by atoms with van der Waals surface area (Å²) in [5.74, 6) is 0.140. The third-order valence-electron chi connectivity index (χ3n) is 1.91. The molecule has 0 aromatic carbocycles. The number of ether oxygens (including phenoxy) is 4. The van der Waals surface area contributed by atoms with Crippen molar-refractivity contribution in [3.8, 4) is 0 Å². The number of nitrogens with two attached hydrogens (primary N) is 1. The van der Waals surface area contributed by atoms with Gasteiger partial charge < -0.3 is 29.8 Å². The van der Waals surface area contributed by atoms with Crippen LogP contribution in [0.25, 0.3) is 0 Å². The van der Waals surface area contributed by atoms with E-state index in [9.17, 15) is 0 Å². The van der Waals surface area contributed by atoms with Crippen molar-refractivity contribution in [2.75, 3.05) is 59.4 Å². The maximum Gasteiger partial charge on any atom is 0.0874 e. The first-order chi connectivity index (χ1) is 8.77. The minimum absolute atomic E-state index is 0.140. The number of hydrogen-bond acceptors (Lipinski definition) is 6. The number of rotatable bonds is 14. The lowest BCUT2D eigenvalue weighted by molar-refractivity contribution is -0.00118. The van der Waals surface area contributed by atoms with E-state index in [1.807, 2.05) is 0 Å². The van der Waals surface area contributed by atoms with Gasteiger partial charge in [-0.25, -0.2) is 0 Å². The summed E-state index contributed by atoms with van der Waals surface area (Å²) in [5.41, 5.74) is 5.26. The molecule has 0 atom stereocenters. The topological polar surface area (TPSA) is 83.2 Å². The fraction of sp³-hybridized carbons (Fsp3) is 0.833. The second-order valence-corrected chi connectivity index (χ2v) is 3.55. The summed E-state index contributed by atoms with van der Waals surface area (Å²) in [6, 6.07) is 0. The van der Waals surface area contributed by atoms with E-state index in [4.69, 9.17) is 29.8 Å². The summed E-state index contributed by atoms with van der Waals surface area (Å²) >= 11 is 0. The number of hydrogen-bond donors (Lipinski definition) is 2. The maximum absolute atomic E-state index is 8.79. The highest BCUT2D eigenvalue weighted by Crippen LogP contribution is 1.91. The van der Waals surface area contributed by atoms with E-state index in [1.165, 1.54) is 0 Å². The van der Waals surface area contributed by atoms with Crippen LogP contribution < -0.4 is 5.73 Å². The van der Waals surface area contributed by atoms with Gasteiger partial charge in [-0.05, 0) is 0 Å². The molecule has 0 amide bonds. The summed E-state index contributed by atoms with van der Waals surface area (Å²) in [7, 11) is 0. The highest BCUT2D eigenvalue weighted by Gasteiger charge is 1.93. The zero-order valence-corrected chi connectivity index (χ0v) is 10.9. The zero-order chi connectivity index (χ0) is 13.5. The highest BCUT2D eigenvalue weighted by atomic mass is 16.6. The minimum Gasteiger partial charge on any atom is -0.513 e. The lowest BCUT2D eigenvalue weighted by atomic mass is 10.4. The normalized spacial score (nSPS) is 10.7. The standard InChI is InChI=1S/C12H25NO5/c1-12(14)2-4-15-6-8-17-10-11-18-9-7-16-5-3-13/h14H,1-11,13H2. The molecule has 0 aliphatic rings. The van der Waals surface area contributed by atoms with Gasteiger partial charge in [0, 0.05) is 13.0 Å². The predicted molar refractivity (Wildman–Crippen MR) is 68.7 cm³/mol. The van der Waals surface area contributed by atoms with Gasteiger partial charge in [0.05, 0.1) is 58.6 Å². The summed E-state index contributed by atoms with van der Waals surface area (Å²) in [5, 5.41) is 8.79. The largest absolute Gasteiger partial charge is 0.513 e. The Bertz CT molecular complexity index is 189. The molecule has 0 aromatic heterocycles. The quantitative estimate of drug-likeness (QED) is 0.350. The van der Waals surface area contributed by atoms with E-state index in [0.29, 0.717) is 65.8 Å². The van der Waals surface area contributed by atoms with Gasteiger partial charge in [0.15, 0.2) is 0 Å². The average Bonchev–Trinajstić information content (AvgIpc) is 2.34. The van der Waals surface area contributed by atoms with Gasteiger partial charge in [-0.15, -0.1) is 0 Å². The number of aliphatic hydroxyl groups is 1. The molecule has 0 unspecified atom stereocenters. The molecule has 0 aliphatic heterocycles. The van der Waals surface area contributed by atoms with Crippen LogP contribution in [0.1, 0.15) is 6.42 Å². The van der Waals surface area contributed by atoms with Crippen LogP contribution in [0.15, 0.2) is 12.3 Å². The molecular formula is C12H25NO5. The molecule has 0 saturated heterocycles. The lowest BCUT2D eigenvalue weighted by Gasteiger charge is -2.07. The van der Waals surface area contributed by atoms with Gasteiger partial charge >= 0.3 is 0 Å². The Kier molecular flexibility index (Phi) is 13.9. The Morgan fingerprint density at radius 1 is 0.778 bits per heavy atom. The molecule has 0 aromatic rings.